The molecule has 0 spiro atoms. The average molecular weight is 479 g/mol. The number of hydrogen-bond donors (Lipinski definition) is 0. The number of carbonyl (C=O) groups is 1. The Morgan fingerprint density at radius 2 is 1.79 bits per heavy atom. The summed E-state index contributed by atoms with van der Waals surface area (Å²) in [6.45, 7) is 3.26. The average Bonchev–Trinajstić information content (AvgIpc) is 2.87. The van der Waals surface area contributed by atoms with Gasteiger partial charge in [-0.05, 0) is 60.9 Å². The molecule has 0 unspecified atom stereocenters. The minimum absolute atomic E-state index is 0.0872. The van der Waals surface area contributed by atoms with Gasteiger partial charge in [-0.25, -0.2) is 8.42 Å². The van der Waals surface area contributed by atoms with Crippen molar-refractivity contribution in [3.8, 4) is 0 Å². The zero-order valence-electron chi connectivity index (χ0n) is 19.4. The third kappa shape index (κ3) is 6.27. The Kier molecular flexibility index (Phi) is 7.70. The van der Waals surface area contributed by atoms with Crippen molar-refractivity contribution in [2.45, 2.75) is 36.7 Å². The highest BCUT2D eigenvalue weighted by atomic mass is 32.2. The number of carbonyl (C=O) groups excluding carboxylic acids is 1. The monoisotopic (exact) mass is 478 g/mol. The molecule has 0 radical (unpaired) electrons. The highest BCUT2D eigenvalue weighted by molar-refractivity contribution is 7.90. The fourth-order valence-corrected chi connectivity index (χ4v) is 4.97. The smallest absolute Gasteiger partial charge is 0.254 e. The van der Waals surface area contributed by atoms with E-state index in [1.165, 1.54) is 18.4 Å². The second-order valence-electron chi connectivity index (χ2n) is 8.73. The van der Waals surface area contributed by atoms with Gasteiger partial charge in [0.2, 0.25) is 0 Å². The molecule has 0 saturated carbocycles. The molecular weight excluding hydrogens is 448 g/mol. The quantitative estimate of drug-likeness (QED) is 0.494. The van der Waals surface area contributed by atoms with Crippen LogP contribution in [-0.2, 0) is 22.8 Å². The molecule has 1 fully saturated rings. The maximum atomic E-state index is 13.5. The summed E-state index contributed by atoms with van der Waals surface area (Å²) in [6.07, 6.45) is 9.18. The van der Waals surface area contributed by atoms with E-state index in [1.807, 2.05) is 35.4 Å². The molecule has 1 aromatic carbocycles. The highest BCUT2D eigenvalue weighted by Gasteiger charge is 2.29. The molecule has 1 amide bonds. The van der Waals surface area contributed by atoms with Crippen LogP contribution in [0.5, 0.6) is 0 Å². The van der Waals surface area contributed by atoms with Crippen molar-refractivity contribution in [3.63, 3.8) is 0 Å². The summed E-state index contributed by atoms with van der Waals surface area (Å²) >= 11 is 0. The SMILES string of the molecule is CS(=O)(=O)c1ccc(C(=O)N(Cc2cccnc2)C2CCN(CCc3ccccn3)CC2)cc1. The van der Waals surface area contributed by atoms with Crippen molar-refractivity contribution >= 4 is 15.7 Å². The Bertz CT molecular complexity index is 1180. The van der Waals surface area contributed by atoms with Crippen LogP contribution < -0.4 is 0 Å². The zero-order valence-corrected chi connectivity index (χ0v) is 20.2. The molecule has 1 aliphatic rings. The van der Waals surface area contributed by atoms with Gasteiger partial charge >= 0.3 is 0 Å². The Morgan fingerprint density at radius 3 is 2.41 bits per heavy atom. The van der Waals surface area contributed by atoms with Crippen molar-refractivity contribution in [2.24, 2.45) is 0 Å². The summed E-state index contributed by atoms with van der Waals surface area (Å²) in [5.74, 6) is -0.0872. The highest BCUT2D eigenvalue weighted by Crippen LogP contribution is 2.22. The molecular formula is C26H30N4O3S. The summed E-state index contributed by atoms with van der Waals surface area (Å²) in [4.78, 5) is 26.7. The Balaban J connectivity index is 1.45. The van der Waals surface area contributed by atoms with Crippen LogP contribution in [-0.4, -0.2) is 66.0 Å². The van der Waals surface area contributed by atoms with Gasteiger partial charge in [-0.15, -0.1) is 0 Å². The largest absolute Gasteiger partial charge is 0.331 e. The summed E-state index contributed by atoms with van der Waals surface area (Å²) in [5.41, 5.74) is 2.56. The lowest BCUT2D eigenvalue weighted by molar-refractivity contribution is 0.0550. The first-order chi connectivity index (χ1) is 16.4. The van der Waals surface area contributed by atoms with Crippen LogP contribution in [0.1, 0.15) is 34.5 Å². The number of likely N-dealkylation sites (tertiary alicyclic amines) is 1. The zero-order chi connectivity index (χ0) is 24.0. The van der Waals surface area contributed by atoms with Crippen molar-refractivity contribution in [1.29, 1.82) is 0 Å². The van der Waals surface area contributed by atoms with Crippen LogP contribution >= 0.6 is 0 Å². The standard InChI is InChI=1S/C26H30N4O3S/c1-34(32,33)25-9-7-22(8-10-25)26(31)30(20-21-5-4-14-27-19-21)24-12-17-29(18-13-24)16-11-23-6-2-3-15-28-23/h2-10,14-15,19,24H,11-13,16-18,20H2,1H3. The molecule has 0 bridgehead atoms. The van der Waals surface area contributed by atoms with E-state index in [2.05, 4.69) is 20.9 Å². The first-order valence-corrected chi connectivity index (χ1v) is 13.4. The number of hydrogen-bond acceptors (Lipinski definition) is 6. The molecule has 1 saturated heterocycles. The topological polar surface area (TPSA) is 83.5 Å². The third-order valence-electron chi connectivity index (χ3n) is 6.27. The Morgan fingerprint density at radius 1 is 1.03 bits per heavy atom. The van der Waals surface area contributed by atoms with Crippen LogP contribution in [0, 0.1) is 0 Å². The van der Waals surface area contributed by atoms with E-state index in [0.717, 1.165) is 50.2 Å². The second-order valence-corrected chi connectivity index (χ2v) is 10.8. The van der Waals surface area contributed by atoms with E-state index < -0.39 is 9.84 Å². The summed E-state index contributed by atoms with van der Waals surface area (Å²) < 4.78 is 23.6. The molecule has 0 aliphatic carbocycles. The molecule has 34 heavy (non-hydrogen) atoms. The molecule has 4 rings (SSSR count). The lowest BCUT2D eigenvalue weighted by atomic mass is 10.0. The number of nitrogens with zero attached hydrogens (tertiary/aromatic N) is 4. The van der Waals surface area contributed by atoms with Gasteiger partial charge in [0.1, 0.15) is 0 Å². The van der Waals surface area contributed by atoms with E-state index in [-0.39, 0.29) is 16.8 Å². The fraction of sp³-hybridized carbons (Fsp3) is 0.346. The molecule has 1 aliphatic heterocycles. The number of amides is 1. The van der Waals surface area contributed by atoms with Crippen LogP contribution in [0.15, 0.2) is 78.1 Å². The van der Waals surface area contributed by atoms with Gasteiger partial charge in [0, 0.05) is 74.7 Å². The minimum atomic E-state index is -3.31. The first-order valence-electron chi connectivity index (χ1n) is 11.5. The van der Waals surface area contributed by atoms with E-state index in [0.29, 0.717) is 12.1 Å². The predicted octanol–water partition coefficient (Wildman–Crippen LogP) is 3.23. The first kappa shape index (κ1) is 24.0. The van der Waals surface area contributed by atoms with E-state index in [1.54, 1.807) is 24.5 Å². The lowest BCUT2D eigenvalue weighted by Gasteiger charge is -2.38. The van der Waals surface area contributed by atoms with Crippen LogP contribution in [0.25, 0.3) is 0 Å². The van der Waals surface area contributed by atoms with Gasteiger partial charge in [-0.3, -0.25) is 14.8 Å². The molecule has 0 N–H and O–H groups in total. The summed E-state index contributed by atoms with van der Waals surface area (Å²) in [5, 5.41) is 0. The minimum Gasteiger partial charge on any atom is -0.331 e. The maximum absolute atomic E-state index is 13.5. The van der Waals surface area contributed by atoms with Crippen LogP contribution in [0.4, 0.5) is 0 Å². The van der Waals surface area contributed by atoms with Gasteiger partial charge in [-0.1, -0.05) is 12.1 Å². The number of pyridine rings is 2. The lowest BCUT2D eigenvalue weighted by Crippen LogP contribution is -2.47. The Labute approximate surface area is 201 Å². The van der Waals surface area contributed by atoms with Gasteiger partial charge in [0.05, 0.1) is 4.90 Å². The van der Waals surface area contributed by atoms with Gasteiger partial charge in [0.25, 0.3) is 5.91 Å². The van der Waals surface area contributed by atoms with E-state index in [9.17, 15) is 13.2 Å². The normalized spacial score (nSPS) is 15.2. The summed E-state index contributed by atoms with van der Waals surface area (Å²) in [6, 6.07) is 16.2. The Hall–Kier alpha value is -3.10. The van der Waals surface area contributed by atoms with Gasteiger partial charge < -0.3 is 9.80 Å². The molecule has 3 heterocycles. The fourth-order valence-electron chi connectivity index (χ4n) is 4.34. The molecule has 7 nitrogen and oxygen atoms in total. The number of piperidine rings is 1. The van der Waals surface area contributed by atoms with Crippen LogP contribution in [0.2, 0.25) is 0 Å². The number of aromatic nitrogens is 2. The third-order valence-corrected chi connectivity index (χ3v) is 7.40. The van der Waals surface area contributed by atoms with E-state index >= 15 is 0 Å². The molecule has 178 valence electrons. The maximum Gasteiger partial charge on any atom is 0.254 e. The molecule has 0 atom stereocenters. The second kappa shape index (κ2) is 10.9. The number of rotatable bonds is 8. The van der Waals surface area contributed by atoms with Crippen molar-refractivity contribution < 1.29 is 13.2 Å². The van der Waals surface area contributed by atoms with E-state index in [4.69, 9.17) is 0 Å². The number of benzene rings is 1. The van der Waals surface area contributed by atoms with Crippen molar-refractivity contribution in [1.82, 2.24) is 19.8 Å². The molecule has 2 aromatic heterocycles. The van der Waals surface area contributed by atoms with Gasteiger partial charge in [-0.2, -0.15) is 0 Å². The van der Waals surface area contributed by atoms with Gasteiger partial charge in [0.15, 0.2) is 9.84 Å². The predicted molar refractivity (Wildman–Crippen MR) is 131 cm³/mol. The summed E-state index contributed by atoms with van der Waals surface area (Å²) in [7, 11) is -3.31. The van der Waals surface area contributed by atoms with Crippen molar-refractivity contribution in [3.05, 3.63) is 90.0 Å². The van der Waals surface area contributed by atoms with Crippen molar-refractivity contribution in [2.75, 3.05) is 25.9 Å². The molecule has 8 heteroatoms. The molecule has 3 aromatic rings. The van der Waals surface area contributed by atoms with Crippen LogP contribution in [0.3, 0.4) is 0 Å². The number of sulfone groups is 1.